The Morgan fingerprint density at radius 1 is 1.62 bits per heavy atom. The summed E-state index contributed by atoms with van der Waals surface area (Å²) in [5.41, 5.74) is 0.913. The standard InChI is InChI=1S/C7H10O/c1-6-4-3-5-8-7(6)2/h1H,3-5H2,2H3. The summed E-state index contributed by atoms with van der Waals surface area (Å²) in [5, 5.41) is 0. The minimum absolute atomic E-state index is 0.840. The molecule has 1 nitrogen and oxygen atoms in total. The first-order chi connectivity index (χ1) is 3.80. The largest absolute Gasteiger partial charge is 0.498 e. The molecule has 0 fully saturated rings. The summed E-state index contributed by atoms with van der Waals surface area (Å²) < 4.78 is 5.14. The van der Waals surface area contributed by atoms with Gasteiger partial charge < -0.3 is 4.74 Å². The fourth-order valence-electron chi connectivity index (χ4n) is 0.757. The van der Waals surface area contributed by atoms with Crippen LogP contribution in [0.5, 0.6) is 0 Å². The van der Waals surface area contributed by atoms with E-state index in [0.717, 1.165) is 30.8 Å². The molecule has 0 unspecified atom stereocenters. The van der Waals surface area contributed by atoms with Crippen LogP contribution in [0.4, 0.5) is 0 Å². The van der Waals surface area contributed by atoms with Crippen LogP contribution in [0.2, 0.25) is 0 Å². The van der Waals surface area contributed by atoms with E-state index >= 15 is 0 Å². The van der Waals surface area contributed by atoms with Crippen molar-refractivity contribution in [2.24, 2.45) is 0 Å². The van der Waals surface area contributed by atoms with Gasteiger partial charge in [-0.15, -0.1) is 0 Å². The monoisotopic (exact) mass is 110 g/mol. The highest BCUT2D eigenvalue weighted by molar-refractivity contribution is 5.11. The van der Waals surface area contributed by atoms with Gasteiger partial charge in [-0.1, -0.05) is 0 Å². The molecule has 1 aliphatic rings. The maximum atomic E-state index is 5.53. The van der Waals surface area contributed by atoms with Crippen molar-refractivity contribution in [3.8, 4) is 0 Å². The molecule has 0 aliphatic carbocycles. The quantitative estimate of drug-likeness (QED) is 0.462. The molecule has 0 atom stereocenters. The van der Waals surface area contributed by atoms with E-state index in [4.69, 9.17) is 11.7 Å². The summed E-state index contributed by atoms with van der Waals surface area (Å²) in [5.74, 6) is 0.913. The average molecular weight is 110 g/mol. The van der Waals surface area contributed by atoms with Gasteiger partial charge in [0.25, 0.3) is 0 Å². The molecule has 0 bridgehead atoms. The Hall–Kier alpha value is -0.460. The summed E-state index contributed by atoms with van der Waals surface area (Å²) in [6.45, 7) is 8.28. The molecular formula is C7H10O. The Labute approximate surface area is 50.3 Å². The molecule has 0 aromatic carbocycles. The maximum Gasteiger partial charge on any atom is 0.0924 e. The normalized spacial score (nSPS) is 20.8. The third-order valence-electron chi connectivity index (χ3n) is 1.36. The minimum Gasteiger partial charge on any atom is -0.498 e. The number of ether oxygens (including phenoxy) is 1. The van der Waals surface area contributed by atoms with Gasteiger partial charge in [0.15, 0.2) is 0 Å². The van der Waals surface area contributed by atoms with E-state index < -0.39 is 0 Å². The highest BCUT2D eigenvalue weighted by Crippen LogP contribution is 2.16. The second-order valence-electron chi connectivity index (χ2n) is 2.03. The summed E-state index contributed by atoms with van der Waals surface area (Å²) in [6.07, 6.45) is 2.08. The van der Waals surface area contributed by atoms with Gasteiger partial charge in [-0.05, 0) is 32.3 Å². The molecule has 44 valence electrons. The lowest BCUT2D eigenvalue weighted by Crippen LogP contribution is -2.01. The molecule has 2 radical (unpaired) electrons. The van der Waals surface area contributed by atoms with Crippen molar-refractivity contribution in [2.75, 3.05) is 6.61 Å². The van der Waals surface area contributed by atoms with Gasteiger partial charge in [0.2, 0.25) is 0 Å². The maximum absolute atomic E-state index is 5.53. The van der Waals surface area contributed by atoms with Gasteiger partial charge >= 0.3 is 0 Å². The number of hydrogen-bond donors (Lipinski definition) is 0. The van der Waals surface area contributed by atoms with Crippen LogP contribution in [0.15, 0.2) is 11.3 Å². The van der Waals surface area contributed by atoms with Crippen molar-refractivity contribution in [1.82, 2.24) is 0 Å². The second-order valence-corrected chi connectivity index (χ2v) is 2.03. The van der Waals surface area contributed by atoms with E-state index in [2.05, 4.69) is 0 Å². The summed E-state index contributed by atoms with van der Waals surface area (Å²) in [7, 11) is 0. The first-order valence-electron chi connectivity index (χ1n) is 2.89. The third kappa shape index (κ3) is 1.03. The summed E-state index contributed by atoms with van der Waals surface area (Å²) >= 11 is 0. The molecule has 0 aromatic rings. The van der Waals surface area contributed by atoms with Crippen molar-refractivity contribution in [1.29, 1.82) is 0 Å². The zero-order valence-corrected chi connectivity index (χ0v) is 5.11. The Morgan fingerprint density at radius 3 is 2.75 bits per heavy atom. The molecule has 1 rings (SSSR count). The lowest BCUT2D eigenvalue weighted by atomic mass is 10.1. The van der Waals surface area contributed by atoms with Crippen LogP contribution < -0.4 is 0 Å². The van der Waals surface area contributed by atoms with Crippen LogP contribution in [0, 0.1) is 6.92 Å². The second kappa shape index (κ2) is 2.21. The minimum atomic E-state index is 0.840. The van der Waals surface area contributed by atoms with Crippen LogP contribution in [0.1, 0.15) is 19.8 Å². The molecule has 8 heavy (non-hydrogen) atoms. The van der Waals surface area contributed by atoms with Crippen LogP contribution in [0.3, 0.4) is 0 Å². The Balaban J connectivity index is 2.60. The van der Waals surface area contributed by atoms with Gasteiger partial charge in [-0.3, -0.25) is 0 Å². The molecule has 1 aliphatic heterocycles. The molecule has 0 spiro atoms. The summed E-state index contributed by atoms with van der Waals surface area (Å²) in [6, 6.07) is 0. The number of rotatable bonds is 0. The molecule has 0 saturated carbocycles. The van der Waals surface area contributed by atoms with E-state index in [1.807, 2.05) is 6.92 Å². The predicted octanol–water partition coefficient (Wildman–Crippen LogP) is 1.78. The molecular weight excluding hydrogens is 100 g/mol. The molecule has 0 amide bonds. The van der Waals surface area contributed by atoms with Crippen LogP contribution in [-0.4, -0.2) is 6.61 Å². The SMILES string of the molecule is [CH]C1=C(C)OCCC1. The van der Waals surface area contributed by atoms with Gasteiger partial charge in [-0.25, -0.2) is 0 Å². The topological polar surface area (TPSA) is 9.23 Å². The van der Waals surface area contributed by atoms with E-state index in [9.17, 15) is 0 Å². The highest BCUT2D eigenvalue weighted by Gasteiger charge is 2.03. The van der Waals surface area contributed by atoms with Crippen molar-refractivity contribution in [3.63, 3.8) is 0 Å². The van der Waals surface area contributed by atoms with Gasteiger partial charge in [0.05, 0.1) is 12.4 Å². The third-order valence-corrected chi connectivity index (χ3v) is 1.36. The summed E-state index contributed by atoms with van der Waals surface area (Å²) in [4.78, 5) is 0. The van der Waals surface area contributed by atoms with E-state index in [1.165, 1.54) is 0 Å². The first-order valence-corrected chi connectivity index (χ1v) is 2.89. The van der Waals surface area contributed by atoms with Crippen LogP contribution in [-0.2, 0) is 4.74 Å². The molecule has 0 N–H and O–H groups in total. The molecule has 0 aromatic heterocycles. The predicted molar refractivity (Wildman–Crippen MR) is 32.2 cm³/mol. The van der Waals surface area contributed by atoms with E-state index in [0.29, 0.717) is 0 Å². The molecule has 1 heteroatoms. The van der Waals surface area contributed by atoms with Crippen molar-refractivity contribution < 1.29 is 4.74 Å². The Bertz CT molecular complexity index is 99.6. The zero-order valence-electron chi connectivity index (χ0n) is 5.11. The fraction of sp³-hybridized carbons (Fsp3) is 0.571. The lowest BCUT2D eigenvalue weighted by molar-refractivity contribution is 0.191. The molecule has 0 saturated heterocycles. The van der Waals surface area contributed by atoms with Gasteiger partial charge in [0.1, 0.15) is 0 Å². The van der Waals surface area contributed by atoms with Crippen molar-refractivity contribution in [3.05, 3.63) is 18.3 Å². The number of hydrogen-bond acceptors (Lipinski definition) is 1. The van der Waals surface area contributed by atoms with E-state index in [-0.39, 0.29) is 0 Å². The van der Waals surface area contributed by atoms with Gasteiger partial charge in [0, 0.05) is 0 Å². The van der Waals surface area contributed by atoms with Crippen LogP contribution in [0.25, 0.3) is 0 Å². The fourth-order valence-corrected chi connectivity index (χ4v) is 0.757. The van der Waals surface area contributed by atoms with Crippen molar-refractivity contribution in [2.45, 2.75) is 19.8 Å². The lowest BCUT2D eigenvalue weighted by Gasteiger charge is -2.14. The molecule has 1 heterocycles. The van der Waals surface area contributed by atoms with Crippen molar-refractivity contribution >= 4 is 0 Å². The van der Waals surface area contributed by atoms with E-state index in [1.54, 1.807) is 0 Å². The van der Waals surface area contributed by atoms with Gasteiger partial charge in [-0.2, -0.15) is 0 Å². The smallest absolute Gasteiger partial charge is 0.0924 e. The first kappa shape index (κ1) is 5.67. The zero-order chi connectivity index (χ0) is 5.98. The van der Waals surface area contributed by atoms with Crippen LogP contribution >= 0.6 is 0 Å². The average Bonchev–Trinajstić information content (AvgIpc) is 1.77. The Morgan fingerprint density at radius 2 is 2.38 bits per heavy atom. The highest BCUT2D eigenvalue weighted by atomic mass is 16.5. The number of allylic oxidation sites excluding steroid dienone is 2. The Kier molecular flexibility index (Phi) is 1.56.